The van der Waals surface area contributed by atoms with E-state index < -0.39 is 0 Å². The van der Waals surface area contributed by atoms with Gasteiger partial charge in [-0.3, -0.25) is 9.69 Å². The van der Waals surface area contributed by atoms with E-state index in [9.17, 15) is 9.59 Å². The van der Waals surface area contributed by atoms with Crippen LogP contribution in [0.15, 0.2) is 28.6 Å². The highest BCUT2D eigenvalue weighted by atomic mass is 16.6. The summed E-state index contributed by atoms with van der Waals surface area (Å²) >= 11 is 0. The van der Waals surface area contributed by atoms with Crippen LogP contribution in [0.25, 0.3) is 0 Å². The van der Waals surface area contributed by atoms with Crippen LogP contribution in [-0.4, -0.2) is 41.3 Å². The molecule has 1 aromatic heterocycles. The minimum Gasteiger partial charge on any atom is -0.442 e. The molecule has 0 aliphatic carbocycles. The van der Waals surface area contributed by atoms with Gasteiger partial charge < -0.3 is 14.6 Å². The molecule has 2 heterocycles. The Bertz CT molecular complexity index is 510. The first-order valence-electron chi connectivity index (χ1n) is 6.48. The first-order chi connectivity index (χ1) is 9.65. The van der Waals surface area contributed by atoms with Crippen molar-refractivity contribution in [3.8, 4) is 0 Å². The lowest BCUT2D eigenvalue weighted by molar-refractivity contribution is 0.0880. The van der Waals surface area contributed by atoms with E-state index in [0.29, 0.717) is 6.54 Å². The molecule has 1 aliphatic heterocycles. The predicted molar refractivity (Wildman–Crippen MR) is 69.9 cm³/mol. The lowest BCUT2D eigenvalue weighted by atomic mass is 10.2. The zero-order chi connectivity index (χ0) is 14.5. The fourth-order valence-electron chi connectivity index (χ4n) is 2.04. The normalized spacial score (nSPS) is 19.1. The third kappa shape index (κ3) is 2.98. The van der Waals surface area contributed by atoms with Crippen molar-refractivity contribution in [2.45, 2.75) is 26.4 Å². The van der Waals surface area contributed by atoms with Crippen molar-refractivity contribution < 1.29 is 18.8 Å². The van der Waals surface area contributed by atoms with E-state index in [2.05, 4.69) is 10.5 Å². The van der Waals surface area contributed by atoms with Gasteiger partial charge in [0.2, 0.25) is 5.76 Å². The van der Waals surface area contributed by atoms with Crippen molar-refractivity contribution in [3.63, 3.8) is 0 Å². The van der Waals surface area contributed by atoms with E-state index in [4.69, 9.17) is 9.26 Å². The highest BCUT2D eigenvalue weighted by Gasteiger charge is 2.33. The first kappa shape index (κ1) is 14.1. The van der Waals surface area contributed by atoms with E-state index >= 15 is 0 Å². The monoisotopic (exact) mass is 279 g/mol. The van der Waals surface area contributed by atoms with E-state index in [1.54, 1.807) is 4.90 Å². The number of carbonyl (C=O) groups is 2. The number of nitrogens with one attached hydrogen (secondary N) is 1. The van der Waals surface area contributed by atoms with E-state index in [0.717, 1.165) is 12.1 Å². The Morgan fingerprint density at radius 3 is 3.05 bits per heavy atom. The van der Waals surface area contributed by atoms with Gasteiger partial charge in [0, 0.05) is 11.8 Å². The fourth-order valence-corrected chi connectivity index (χ4v) is 2.04. The second-order valence-corrected chi connectivity index (χ2v) is 4.34. The molecule has 0 spiro atoms. The molecule has 2 rings (SSSR count). The highest BCUT2D eigenvalue weighted by Crippen LogP contribution is 2.18. The summed E-state index contributed by atoms with van der Waals surface area (Å²) < 4.78 is 9.95. The lowest BCUT2D eigenvalue weighted by Gasteiger charge is -2.15. The van der Waals surface area contributed by atoms with Crippen LogP contribution in [0.2, 0.25) is 0 Å². The zero-order valence-corrected chi connectivity index (χ0v) is 11.5. The molecule has 1 N–H and O–H groups in total. The van der Waals surface area contributed by atoms with Crippen molar-refractivity contribution in [1.29, 1.82) is 0 Å². The van der Waals surface area contributed by atoms with Gasteiger partial charge in [-0.2, -0.15) is 0 Å². The number of nitrogens with zero attached hydrogens (tertiary/aromatic N) is 2. The van der Waals surface area contributed by atoms with Gasteiger partial charge in [0.05, 0.1) is 19.3 Å². The Hall–Kier alpha value is -2.31. The summed E-state index contributed by atoms with van der Waals surface area (Å²) in [6, 6.07) is 1.47. The lowest BCUT2D eigenvalue weighted by Crippen LogP contribution is -2.34. The van der Waals surface area contributed by atoms with Crippen LogP contribution >= 0.6 is 0 Å². The van der Waals surface area contributed by atoms with Gasteiger partial charge in [0.15, 0.2) is 0 Å². The molecule has 0 radical (unpaired) electrons. The number of amides is 2. The predicted octanol–water partition coefficient (Wildman–Crippen LogP) is 1.54. The molecule has 1 fully saturated rings. The van der Waals surface area contributed by atoms with Gasteiger partial charge in [-0.05, 0) is 13.3 Å². The average molecular weight is 279 g/mol. The minimum atomic E-state index is -0.376. The van der Waals surface area contributed by atoms with Crippen molar-refractivity contribution in [2.24, 2.45) is 0 Å². The summed E-state index contributed by atoms with van der Waals surface area (Å²) in [6.45, 7) is 4.53. The SMILES string of the molecule is CC=C(CC)N1CC(CNC(=O)c2ccno2)OC1=O. The number of hydrogen-bond acceptors (Lipinski definition) is 5. The van der Waals surface area contributed by atoms with Crippen LogP contribution in [0, 0.1) is 0 Å². The molecule has 20 heavy (non-hydrogen) atoms. The maximum absolute atomic E-state index is 11.7. The number of ether oxygens (including phenoxy) is 1. The van der Waals surface area contributed by atoms with E-state index in [1.165, 1.54) is 12.3 Å². The third-order valence-electron chi connectivity index (χ3n) is 3.07. The largest absolute Gasteiger partial charge is 0.442 e. The molecule has 2 amide bonds. The zero-order valence-electron chi connectivity index (χ0n) is 11.5. The van der Waals surface area contributed by atoms with Gasteiger partial charge >= 0.3 is 6.09 Å². The average Bonchev–Trinajstić information content (AvgIpc) is 3.08. The molecule has 0 saturated carbocycles. The first-order valence-corrected chi connectivity index (χ1v) is 6.48. The quantitative estimate of drug-likeness (QED) is 0.883. The summed E-state index contributed by atoms with van der Waals surface area (Å²) in [6.07, 6.45) is 3.29. The molecule has 1 saturated heterocycles. The molecule has 1 unspecified atom stereocenters. The molecular formula is C13H17N3O4. The highest BCUT2D eigenvalue weighted by molar-refractivity contribution is 5.91. The van der Waals surface area contributed by atoms with Gasteiger partial charge in [0.1, 0.15) is 6.10 Å². The van der Waals surface area contributed by atoms with Crippen LogP contribution in [0.3, 0.4) is 0 Å². The number of aromatic nitrogens is 1. The number of hydrogen-bond donors (Lipinski definition) is 1. The fraction of sp³-hybridized carbons (Fsp3) is 0.462. The van der Waals surface area contributed by atoms with Crippen LogP contribution < -0.4 is 5.32 Å². The Labute approximate surface area is 116 Å². The number of carbonyl (C=O) groups excluding carboxylic acids is 2. The van der Waals surface area contributed by atoms with Crippen molar-refractivity contribution in [2.75, 3.05) is 13.1 Å². The van der Waals surface area contributed by atoms with Crippen LogP contribution in [0.4, 0.5) is 4.79 Å². The smallest absolute Gasteiger partial charge is 0.414 e. The Morgan fingerprint density at radius 1 is 1.65 bits per heavy atom. The van der Waals surface area contributed by atoms with Gasteiger partial charge in [0.25, 0.3) is 5.91 Å². The minimum absolute atomic E-state index is 0.133. The molecule has 1 atom stereocenters. The number of rotatable bonds is 5. The van der Waals surface area contributed by atoms with Crippen LogP contribution in [0.1, 0.15) is 30.8 Å². The molecule has 7 heteroatoms. The molecule has 108 valence electrons. The summed E-state index contributed by atoms with van der Waals surface area (Å²) in [5, 5.41) is 6.10. The van der Waals surface area contributed by atoms with Gasteiger partial charge in [-0.15, -0.1) is 0 Å². The second-order valence-electron chi connectivity index (χ2n) is 4.34. The Balaban J connectivity index is 1.87. The van der Waals surface area contributed by atoms with Crippen molar-refractivity contribution in [1.82, 2.24) is 15.4 Å². The Kier molecular flexibility index (Phi) is 4.39. The maximum atomic E-state index is 11.7. The maximum Gasteiger partial charge on any atom is 0.414 e. The van der Waals surface area contributed by atoms with Crippen molar-refractivity contribution >= 4 is 12.0 Å². The summed E-state index contributed by atoms with van der Waals surface area (Å²) in [5.41, 5.74) is 0.916. The summed E-state index contributed by atoms with van der Waals surface area (Å²) in [4.78, 5) is 25.0. The van der Waals surface area contributed by atoms with Crippen LogP contribution in [0.5, 0.6) is 0 Å². The second kappa shape index (κ2) is 6.23. The number of cyclic esters (lactones) is 1. The summed E-state index contributed by atoms with van der Waals surface area (Å²) in [7, 11) is 0. The third-order valence-corrected chi connectivity index (χ3v) is 3.07. The molecule has 7 nitrogen and oxygen atoms in total. The number of allylic oxidation sites excluding steroid dienone is 2. The molecule has 0 bridgehead atoms. The molecule has 0 aromatic carbocycles. The van der Waals surface area contributed by atoms with Gasteiger partial charge in [-0.1, -0.05) is 18.2 Å². The topological polar surface area (TPSA) is 84.7 Å². The molecule has 1 aromatic rings. The summed E-state index contributed by atoms with van der Waals surface area (Å²) in [5.74, 6) is -0.243. The van der Waals surface area contributed by atoms with Crippen LogP contribution in [-0.2, 0) is 4.74 Å². The molecule has 1 aliphatic rings. The van der Waals surface area contributed by atoms with Crippen molar-refractivity contribution in [3.05, 3.63) is 29.8 Å². The molecular weight excluding hydrogens is 262 g/mol. The van der Waals surface area contributed by atoms with Gasteiger partial charge in [-0.25, -0.2) is 4.79 Å². The Morgan fingerprint density at radius 2 is 2.45 bits per heavy atom. The van der Waals surface area contributed by atoms with E-state index in [1.807, 2.05) is 19.9 Å². The standard InChI is InChI=1S/C13H17N3O4/c1-3-9(4-2)16-8-10(19-13(16)18)7-14-12(17)11-5-6-15-20-11/h3,5-6,10H,4,7-8H2,1-2H3,(H,14,17). The van der Waals surface area contributed by atoms with E-state index in [-0.39, 0.29) is 30.4 Å².